The molecule has 2 aliphatic rings. The van der Waals surface area contributed by atoms with Gasteiger partial charge in [0, 0.05) is 41.7 Å². The Morgan fingerprint density at radius 3 is 2.32 bits per heavy atom. The standard InChI is InChI=1S/C18H23N3O2S.2C2HF3O2/c1-14-10-24-17(20-14)7-21-6-15-8-22-12-18(15,11-21)13-23-9-16-4-2-3-5-19-16;2*3-2(4,5)1(6)7/h2-5,10,15H,6-9,11-13H2,1H3;2*(H,6,7)/t15-,18+;;/m1../s1. The van der Waals surface area contributed by atoms with Crippen molar-refractivity contribution in [3.05, 3.63) is 46.2 Å². The summed E-state index contributed by atoms with van der Waals surface area (Å²) in [5.74, 6) is -4.96. The van der Waals surface area contributed by atoms with Crippen LogP contribution in [0.5, 0.6) is 0 Å². The topological polar surface area (TPSA) is 122 Å². The second-order valence-electron chi connectivity index (χ2n) is 8.55. The van der Waals surface area contributed by atoms with Crippen LogP contribution in [-0.2, 0) is 32.2 Å². The van der Waals surface area contributed by atoms with Crippen LogP contribution in [0.3, 0.4) is 0 Å². The summed E-state index contributed by atoms with van der Waals surface area (Å²) in [6.45, 7) is 8.05. The molecule has 2 N–H and O–H groups in total. The minimum absolute atomic E-state index is 0.126. The molecule has 38 heavy (non-hydrogen) atoms. The third-order valence-corrected chi connectivity index (χ3v) is 6.42. The van der Waals surface area contributed by atoms with Crippen molar-refractivity contribution < 1.29 is 55.6 Å². The first-order valence-corrected chi connectivity index (χ1v) is 11.8. The van der Waals surface area contributed by atoms with Gasteiger partial charge in [-0.15, -0.1) is 11.3 Å². The predicted molar refractivity (Wildman–Crippen MR) is 120 cm³/mol. The molecule has 4 rings (SSSR count). The number of carboxylic acid groups (broad SMARTS) is 2. The highest BCUT2D eigenvalue weighted by molar-refractivity contribution is 7.09. The van der Waals surface area contributed by atoms with Crippen molar-refractivity contribution >= 4 is 23.3 Å². The normalized spacial score (nSPS) is 21.1. The monoisotopic (exact) mass is 573 g/mol. The number of ether oxygens (including phenoxy) is 2. The smallest absolute Gasteiger partial charge is 0.475 e. The van der Waals surface area contributed by atoms with Crippen molar-refractivity contribution in [3.63, 3.8) is 0 Å². The molecule has 0 radical (unpaired) electrons. The zero-order valence-electron chi connectivity index (χ0n) is 20.0. The third-order valence-electron chi connectivity index (χ3n) is 5.47. The number of nitrogens with zero attached hydrogens (tertiary/aromatic N) is 3. The van der Waals surface area contributed by atoms with Gasteiger partial charge in [0.2, 0.25) is 0 Å². The molecule has 212 valence electrons. The molecule has 9 nitrogen and oxygen atoms in total. The van der Waals surface area contributed by atoms with Gasteiger partial charge < -0.3 is 19.7 Å². The van der Waals surface area contributed by atoms with Crippen LogP contribution in [0, 0.1) is 18.3 Å². The quantitative estimate of drug-likeness (QED) is 0.498. The van der Waals surface area contributed by atoms with E-state index in [2.05, 4.69) is 27.2 Å². The van der Waals surface area contributed by atoms with Gasteiger partial charge in [-0.3, -0.25) is 9.88 Å². The number of pyridine rings is 1. The lowest BCUT2D eigenvalue weighted by Gasteiger charge is -2.26. The Labute approximate surface area is 217 Å². The molecule has 2 aromatic heterocycles. The molecule has 0 aromatic carbocycles. The lowest BCUT2D eigenvalue weighted by Crippen LogP contribution is -2.35. The average Bonchev–Trinajstić information content (AvgIpc) is 3.48. The molecule has 2 aliphatic heterocycles. The number of carboxylic acids is 2. The van der Waals surface area contributed by atoms with E-state index in [4.69, 9.17) is 29.3 Å². The Hall–Kier alpha value is -2.82. The molecule has 16 heteroatoms. The van der Waals surface area contributed by atoms with E-state index < -0.39 is 24.3 Å². The summed E-state index contributed by atoms with van der Waals surface area (Å²) < 4.78 is 75.3. The van der Waals surface area contributed by atoms with Crippen molar-refractivity contribution in [2.75, 3.05) is 32.9 Å². The van der Waals surface area contributed by atoms with Crippen molar-refractivity contribution in [2.24, 2.45) is 11.3 Å². The van der Waals surface area contributed by atoms with Gasteiger partial charge in [0.1, 0.15) is 5.01 Å². The number of alkyl halides is 6. The molecule has 2 atom stereocenters. The van der Waals surface area contributed by atoms with Crippen molar-refractivity contribution in [3.8, 4) is 0 Å². The zero-order chi connectivity index (χ0) is 28.6. The van der Waals surface area contributed by atoms with Crippen molar-refractivity contribution in [1.82, 2.24) is 14.9 Å². The highest BCUT2D eigenvalue weighted by Gasteiger charge is 2.50. The zero-order valence-corrected chi connectivity index (χ0v) is 20.8. The summed E-state index contributed by atoms with van der Waals surface area (Å²) >= 11 is 1.75. The number of fused-ring (bicyclic) bond motifs is 1. The van der Waals surface area contributed by atoms with Crippen LogP contribution in [0.2, 0.25) is 0 Å². The molecule has 0 spiro atoms. The fourth-order valence-electron chi connectivity index (χ4n) is 3.78. The second kappa shape index (κ2) is 13.3. The first-order valence-electron chi connectivity index (χ1n) is 10.9. The van der Waals surface area contributed by atoms with Crippen LogP contribution in [0.4, 0.5) is 26.3 Å². The molecule has 0 unspecified atom stereocenters. The minimum atomic E-state index is -5.08. The van der Waals surface area contributed by atoms with E-state index in [1.54, 1.807) is 11.3 Å². The van der Waals surface area contributed by atoms with Gasteiger partial charge in [-0.2, -0.15) is 26.3 Å². The lowest BCUT2D eigenvalue weighted by atomic mass is 9.82. The number of hydrogen-bond acceptors (Lipinski definition) is 8. The van der Waals surface area contributed by atoms with Gasteiger partial charge in [-0.05, 0) is 19.1 Å². The summed E-state index contributed by atoms with van der Waals surface area (Å²) in [7, 11) is 0. The fourth-order valence-corrected chi connectivity index (χ4v) is 4.59. The molecule has 2 aromatic rings. The van der Waals surface area contributed by atoms with Gasteiger partial charge in [0.15, 0.2) is 0 Å². The number of likely N-dealkylation sites (tertiary alicyclic amines) is 1. The van der Waals surface area contributed by atoms with E-state index in [9.17, 15) is 26.3 Å². The Morgan fingerprint density at radius 1 is 1.18 bits per heavy atom. The van der Waals surface area contributed by atoms with Crippen LogP contribution in [0.1, 0.15) is 16.4 Å². The van der Waals surface area contributed by atoms with E-state index in [0.717, 1.165) is 50.8 Å². The highest BCUT2D eigenvalue weighted by Crippen LogP contribution is 2.42. The highest BCUT2D eigenvalue weighted by atomic mass is 32.1. The van der Waals surface area contributed by atoms with Gasteiger partial charge in [0.05, 0.1) is 38.7 Å². The number of aryl methyl sites for hydroxylation is 1. The van der Waals surface area contributed by atoms with Crippen molar-refractivity contribution in [2.45, 2.75) is 32.4 Å². The molecular weight excluding hydrogens is 548 g/mol. The van der Waals surface area contributed by atoms with Crippen LogP contribution < -0.4 is 0 Å². The predicted octanol–water partition coefficient (Wildman–Crippen LogP) is 3.78. The molecule has 0 saturated carbocycles. The molecule has 2 saturated heterocycles. The second-order valence-corrected chi connectivity index (χ2v) is 9.49. The Bertz CT molecular complexity index is 1030. The van der Waals surface area contributed by atoms with E-state index in [0.29, 0.717) is 12.5 Å². The number of aromatic nitrogens is 2. The number of rotatable bonds is 6. The van der Waals surface area contributed by atoms with E-state index in [1.165, 1.54) is 5.01 Å². The summed E-state index contributed by atoms with van der Waals surface area (Å²) in [5.41, 5.74) is 2.23. The maximum Gasteiger partial charge on any atom is 0.490 e. The van der Waals surface area contributed by atoms with Crippen LogP contribution in [0.25, 0.3) is 0 Å². The number of halogens is 6. The third kappa shape index (κ3) is 9.81. The maximum absolute atomic E-state index is 10.6. The summed E-state index contributed by atoms with van der Waals surface area (Å²) in [5, 5.41) is 17.6. The number of carbonyl (C=O) groups is 2. The molecule has 0 bridgehead atoms. The molecular formula is C22H25F6N3O6S. The molecule has 0 amide bonds. The maximum atomic E-state index is 10.6. The molecule has 4 heterocycles. The lowest BCUT2D eigenvalue weighted by molar-refractivity contribution is -0.193. The number of aliphatic carboxylic acids is 2. The van der Waals surface area contributed by atoms with Gasteiger partial charge in [-0.25, -0.2) is 14.6 Å². The van der Waals surface area contributed by atoms with Gasteiger partial charge in [-0.1, -0.05) is 6.07 Å². The largest absolute Gasteiger partial charge is 0.490 e. The number of thiazole rings is 1. The Morgan fingerprint density at radius 2 is 1.82 bits per heavy atom. The van der Waals surface area contributed by atoms with Gasteiger partial charge >= 0.3 is 24.3 Å². The number of hydrogen-bond donors (Lipinski definition) is 2. The SMILES string of the molecule is Cc1csc(CN2C[C@@H]3COC[C@]3(COCc3ccccn3)C2)n1.O=C(O)C(F)(F)F.O=C(O)C(F)(F)F. The summed E-state index contributed by atoms with van der Waals surface area (Å²) in [6.07, 6.45) is -8.36. The Balaban J connectivity index is 0.000000301. The first kappa shape index (κ1) is 31.4. The Kier molecular flexibility index (Phi) is 11.0. The van der Waals surface area contributed by atoms with E-state index in [1.807, 2.05) is 24.4 Å². The van der Waals surface area contributed by atoms with Crippen LogP contribution in [-0.4, -0.2) is 82.3 Å². The van der Waals surface area contributed by atoms with Crippen LogP contribution >= 0.6 is 11.3 Å². The van der Waals surface area contributed by atoms with Gasteiger partial charge in [0.25, 0.3) is 0 Å². The van der Waals surface area contributed by atoms with E-state index >= 15 is 0 Å². The molecule has 0 aliphatic carbocycles. The van der Waals surface area contributed by atoms with E-state index in [-0.39, 0.29) is 5.41 Å². The summed E-state index contributed by atoms with van der Waals surface area (Å²) in [6, 6.07) is 5.93. The summed E-state index contributed by atoms with van der Waals surface area (Å²) in [4.78, 5) is 29.2. The van der Waals surface area contributed by atoms with Crippen molar-refractivity contribution in [1.29, 1.82) is 0 Å². The fraction of sp³-hybridized carbons (Fsp3) is 0.545. The van der Waals surface area contributed by atoms with Crippen LogP contribution in [0.15, 0.2) is 29.8 Å². The average molecular weight is 574 g/mol. The minimum Gasteiger partial charge on any atom is -0.475 e. The molecule has 2 fully saturated rings. The first-order chi connectivity index (χ1) is 17.6.